The standard InChI is InChI=1S/C19H31NO2/c1-9-20(17(22-8)19(5,6)7)16(21)14-12-10-11-13-15(14)18(2,3)4/h10-13,17H,9H2,1-8H3. The van der Waals surface area contributed by atoms with Crippen LogP contribution in [0.2, 0.25) is 0 Å². The Morgan fingerprint density at radius 2 is 1.68 bits per heavy atom. The summed E-state index contributed by atoms with van der Waals surface area (Å²) < 4.78 is 5.64. The second-order valence-corrected chi connectivity index (χ2v) is 7.84. The highest BCUT2D eigenvalue weighted by Crippen LogP contribution is 2.30. The normalized spacial score (nSPS) is 13.8. The van der Waals surface area contributed by atoms with Crippen molar-refractivity contribution in [3.05, 3.63) is 35.4 Å². The van der Waals surface area contributed by atoms with Gasteiger partial charge in [-0.1, -0.05) is 59.7 Å². The van der Waals surface area contributed by atoms with Gasteiger partial charge in [-0.15, -0.1) is 0 Å². The van der Waals surface area contributed by atoms with E-state index >= 15 is 0 Å². The van der Waals surface area contributed by atoms with Crippen molar-refractivity contribution in [2.75, 3.05) is 13.7 Å². The van der Waals surface area contributed by atoms with Crippen LogP contribution in [0.3, 0.4) is 0 Å². The molecule has 1 rings (SSSR count). The highest BCUT2D eigenvalue weighted by atomic mass is 16.5. The largest absolute Gasteiger partial charge is 0.361 e. The summed E-state index contributed by atoms with van der Waals surface area (Å²) in [5.41, 5.74) is 1.62. The zero-order valence-corrected chi connectivity index (χ0v) is 15.4. The first-order valence-corrected chi connectivity index (χ1v) is 7.97. The van der Waals surface area contributed by atoms with Crippen LogP contribution in [-0.2, 0) is 10.2 Å². The van der Waals surface area contributed by atoms with Crippen LogP contribution in [0.1, 0.15) is 64.4 Å². The predicted octanol–water partition coefficient (Wildman–Crippen LogP) is 4.46. The number of benzene rings is 1. The van der Waals surface area contributed by atoms with Gasteiger partial charge in [0.2, 0.25) is 0 Å². The van der Waals surface area contributed by atoms with E-state index in [4.69, 9.17) is 4.74 Å². The molecule has 1 unspecified atom stereocenters. The molecular weight excluding hydrogens is 274 g/mol. The van der Waals surface area contributed by atoms with E-state index in [1.54, 1.807) is 7.11 Å². The molecule has 0 aliphatic heterocycles. The van der Waals surface area contributed by atoms with E-state index in [-0.39, 0.29) is 23.0 Å². The van der Waals surface area contributed by atoms with Gasteiger partial charge in [0.1, 0.15) is 6.23 Å². The van der Waals surface area contributed by atoms with Gasteiger partial charge in [0.25, 0.3) is 5.91 Å². The van der Waals surface area contributed by atoms with Crippen molar-refractivity contribution in [1.29, 1.82) is 0 Å². The Kier molecular flexibility index (Phi) is 5.80. The minimum Gasteiger partial charge on any atom is -0.361 e. The van der Waals surface area contributed by atoms with Crippen molar-refractivity contribution in [3.8, 4) is 0 Å². The van der Waals surface area contributed by atoms with Crippen LogP contribution in [0.4, 0.5) is 0 Å². The van der Waals surface area contributed by atoms with E-state index in [1.807, 2.05) is 36.1 Å². The third-order valence-corrected chi connectivity index (χ3v) is 3.81. The van der Waals surface area contributed by atoms with Crippen LogP contribution in [0, 0.1) is 5.41 Å². The smallest absolute Gasteiger partial charge is 0.256 e. The lowest BCUT2D eigenvalue weighted by Gasteiger charge is -2.39. The zero-order valence-electron chi connectivity index (χ0n) is 15.4. The molecule has 0 spiro atoms. The molecule has 0 fully saturated rings. The third-order valence-electron chi connectivity index (χ3n) is 3.81. The molecule has 22 heavy (non-hydrogen) atoms. The molecule has 0 N–H and O–H groups in total. The Bertz CT molecular complexity index is 509. The van der Waals surface area contributed by atoms with Crippen LogP contribution >= 0.6 is 0 Å². The van der Waals surface area contributed by atoms with Gasteiger partial charge in [0.15, 0.2) is 0 Å². The molecule has 1 atom stereocenters. The average molecular weight is 305 g/mol. The summed E-state index contributed by atoms with van der Waals surface area (Å²) in [4.78, 5) is 15.0. The number of rotatable bonds is 4. The van der Waals surface area contributed by atoms with Crippen LogP contribution in [0.5, 0.6) is 0 Å². The molecule has 1 aromatic rings. The number of ether oxygens (including phenoxy) is 1. The molecule has 3 heteroatoms. The van der Waals surface area contributed by atoms with Crippen molar-refractivity contribution >= 4 is 5.91 Å². The molecule has 0 saturated carbocycles. The first-order chi connectivity index (χ1) is 10.0. The van der Waals surface area contributed by atoms with Crippen LogP contribution < -0.4 is 0 Å². The van der Waals surface area contributed by atoms with Gasteiger partial charge in [-0.2, -0.15) is 0 Å². The number of nitrogens with zero attached hydrogens (tertiary/aromatic N) is 1. The molecule has 0 bridgehead atoms. The van der Waals surface area contributed by atoms with Gasteiger partial charge in [-0.05, 0) is 24.0 Å². The molecule has 0 heterocycles. The summed E-state index contributed by atoms with van der Waals surface area (Å²) in [6, 6.07) is 7.88. The summed E-state index contributed by atoms with van der Waals surface area (Å²) >= 11 is 0. The lowest BCUT2D eigenvalue weighted by Crippen LogP contribution is -2.48. The Labute approximate surface area is 135 Å². The first-order valence-electron chi connectivity index (χ1n) is 7.97. The molecule has 1 amide bonds. The van der Waals surface area contributed by atoms with Crippen LogP contribution in [0.25, 0.3) is 0 Å². The summed E-state index contributed by atoms with van der Waals surface area (Å²) in [6.45, 7) is 15.3. The van der Waals surface area contributed by atoms with Crippen molar-refractivity contribution in [1.82, 2.24) is 4.90 Å². The van der Waals surface area contributed by atoms with E-state index in [2.05, 4.69) is 41.5 Å². The number of methoxy groups -OCH3 is 1. The summed E-state index contributed by atoms with van der Waals surface area (Å²) in [6.07, 6.45) is -0.252. The lowest BCUT2D eigenvalue weighted by atomic mass is 9.83. The molecule has 0 aliphatic carbocycles. The number of carbonyl (C=O) groups excluding carboxylic acids is 1. The van der Waals surface area contributed by atoms with Gasteiger partial charge in [-0.3, -0.25) is 4.79 Å². The first kappa shape index (κ1) is 18.7. The Morgan fingerprint density at radius 3 is 2.09 bits per heavy atom. The minimum atomic E-state index is -0.252. The van der Waals surface area contributed by atoms with Crippen molar-refractivity contribution in [3.63, 3.8) is 0 Å². The molecule has 0 saturated heterocycles. The SMILES string of the molecule is CCN(C(=O)c1ccccc1C(C)(C)C)C(OC)C(C)(C)C. The molecule has 124 valence electrons. The number of carbonyl (C=O) groups is 1. The van der Waals surface area contributed by atoms with E-state index in [9.17, 15) is 4.79 Å². The van der Waals surface area contributed by atoms with Crippen LogP contribution in [0.15, 0.2) is 24.3 Å². The molecule has 0 aliphatic rings. The predicted molar refractivity (Wildman–Crippen MR) is 92.1 cm³/mol. The average Bonchev–Trinajstić information content (AvgIpc) is 2.41. The Morgan fingerprint density at radius 1 is 1.14 bits per heavy atom. The highest BCUT2D eigenvalue weighted by molar-refractivity contribution is 5.96. The fraction of sp³-hybridized carbons (Fsp3) is 0.632. The zero-order chi connectivity index (χ0) is 17.1. The number of hydrogen-bond acceptors (Lipinski definition) is 2. The van der Waals surface area contributed by atoms with E-state index in [0.29, 0.717) is 6.54 Å². The van der Waals surface area contributed by atoms with Crippen molar-refractivity contribution < 1.29 is 9.53 Å². The molecule has 3 nitrogen and oxygen atoms in total. The monoisotopic (exact) mass is 305 g/mol. The molecule has 1 aromatic carbocycles. The van der Waals surface area contributed by atoms with Gasteiger partial charge in [0.05, 0.1) is 0 Å². The fourth-order valence-corrected chi connectivity index (χ4v) is 2.84. The fourth-order valence-electron chi connectivity index (χ4n) is 2.84. The summed E-state index contributed by atoms with van der Waals surface area (Å²) in [5.74, 6) is 0.0369. The Balaban J connectivity index is 3.29. The van der Waals surface area contributed by atoms with Gasteiger partial charge in [0, 0.05) is 24.6 Å². The van der Waals surface area contributed by atoms with Crippen molar-refractivity contribution in [2.45, 2.75) is 60.1 Å². The molecule has 0 radical (unpaired) electrons. The third kappa shape index (κ3) is 4.10. The van der Waals surface area contributed by atoms with E-state index in [0.717, 1.165) is 11.1 Å². The quantitative estimate of drug-likeness (QED) is 0.768. The summed E-state index contributed by atoms with van der Waals surface area (Å²) in [5, 5.41) is 0. The van der Waals surface area contributed by atoms with Gasteiger partial charge < -0.3 is 9.64 Å². The second-order valence-electron chi connectivity index (χ2n) is 7.84. The van der Waals surface area contributed by atoms with Crippen LogP contribution in [-0.4, -0.2) is 30.7 Å². The highest BCUT2D eigenvalue weighted by Gasteiger charge is 2.34. The molecule has 0 aromatic heterocycles. The second kappa shape index (κ2) is 6.82. The number of amides is 1. The van der Waals surface area contributed by atoms with E-state index in [1.165, 1.54) is 0 Å². The molecular formula is C19H31NO2. The number of hydrogen-bond donors (Lipinski definition) is 0. The van der Waals surface area contributed by atoms with Gasteiger partial charge >= 0.3 is 0 Å². The summed E-state index contributed by atoms with van der Waals surface area (Å²) in [7, 11) is 1.67. The topological polar surface area (TPSA) is 29.5 Å². The maximum atomic E-state index is 13.1. The lowest BCUT2D eigenvalue weighted by molar-refractivity contribution is -0.0793. The van der Waals surface area contributed by atoms with E-state index < -0.39 is 0 Å². The maximum absolute atomic E-state index is 13.1. The van der Waals surface area contributed by atoms with Crippen molar-refractivity contribution in [2.24, 2.45) is 5.41 Å². The minimum absolute atomic E-state index is 0.0369. The van der Waals surface area contributed by atoms with Gasteiger partial charge in [-0.25, -0.2) is 0 Å². The Hall–Kier alpha value is -1.35. The maximum Gasteiger partial charge on any atom is 0.256 e.